The van der Waals surface area contributed by atoms with Gasteiger partial charge in [0.1, 0.15) is 5.82 Å². The summed E-state index contributed by atoms with van der Waals surface area (Å²) in [6, 6.07) is 3.98. The Hall–Kier alpha value is -1.29. The highest BCUT2D eigenvalue weighted by atomic mass is 16.5. The second-order valence-corrected chi connectivity index (χ2v) is 3.48. The van der Waals surface area contributed by atoms with Crippen LogP contribution in [0.1, 0.15) is 20.3 Å². The number of ether oxygens (including phenoxy) is 1. The van der Waals surface area contributed by atoms with Crippen molar-refractivity contribution in [3.8, 4) is 0 Å². The number of anilines is 2. The van der Waals surface area contributed by atoms with E-state index in [1.54, 1.807) is 6.20 Å². The van der Waals surface area contributed by atoms with Crippen molar-refractivity contribution in [1.82, 2.24) is 4.98 Å². The van der Waals surface area contributed by atoms with Gasteiger partial charge < -0.3 is 15.4 Å². The largest absolute Gasteiger partial charge is 0.383 e. The lowest BCUT2D eigenvalue weighted by Crippen LogP contribution is -2.09. The van der Waals surface area contributed by atoms with Crippen molar-refractivity contribution < 1.29 is 4.74 Å². The average molecular weight is 223 g/mol. The van der Waals surface area contributed by atoms with Crippen LogP contribution >= 0.6 is 0 Å². The van der Waals surface area contributed by atoms with E-state index < -0.39 is 0 Å². The van der Waals surface area contributed by atoms with Gasteiger partial charge in [0.05, 0.1) is 6.61 Å². The quantitative estimate of drug-likeness (QED) is 0.664. The van der Waals surface area contributed by atoms with E-state index in [0.29, 0.717) is 0 Å². The molecule has 0 unspecified atom stereocenters. The normalized spacial score (nSPS) is 10.1. The highest BCUT2D eigenvalue weighted by Gasteiger charge is 1.95. The fraction of sp³-hybridized carbons (Fsp3) is 0.583. The molecule has 0 bridgehead atoms. The predicted octanol–water partition coefficient (Wildman–Crippen LogP) is 2.35. The lowest BCUT2D eigenvalue weighted by atomic mass is 10.3. The molecular weight excluding hydrogens is 202 g/mol. The van der Waals surface area contributed by atoms with Crippen LogP contribution in [0.15, 0.2) is 18.3 Å². The highest BCUT2D eigenvalue weighted by molar-refractivity contribution is 5.51. The van der Waals surface area contributed by atoms with E-state index in [2.05, 4.69) is 22.5 Å². The molecular formula is C12H21N3O. The van der Waals surface area contributed by atoms with Crippen LogP contribution in [0.5, 0.6) is 0 Å². The van der Waals surface area contributed by atoms with Crippen LogP contribution in [0, 0.1) is 0 Å². The first-order valence-corrected chi connectivity index (χ1v) is 5.88. The van der Waals surface area contributed by atoms with Crippen LogP contribution in [0.4, 0.5) is 11.5 Å². The fourth-order valence-corrected chi connectivity index (χ4v) is 1.30. The zero-order chi connectivity index (χ0) is 11.6. The van der Waals surface area contributed by atoms with Crippen LogP contribution < -0.4 is 10.6 Å². The maximum absolute atomic E-state index is 5.26. The first-order chi connectivity index (χ1) is 7.86. The molecule has 0 saturated heterocycles. The molecule has 0 aliphatic rings. The lowest BCUT2D eigenvalue weighted by Gasteiger charge is -2.08. The van der Waals surface area contributed by atoms with Crippen LogP contribution in [-0.4, -0.2) is 31.3 Å². The smallest absolute Gasteiger partial charge is 0.127 e. The third-order valence-electron chi connectivity index (χ3n) is 2.10. The van der Waals surface area contributed by atoms with Gasteiger partial charge in [-0.25, -0.2) is 4.98 Å². The number of rotatable bonds is 8. The number of nitrogens with zero attached hydrogens (tertiary/aromatic N) is 1. The Morgan fingerprint density at radius 1 is 1.25 bits per heavy atom. The van der Waals surface area contributed by atoms with Crippen molar-refractivity contribution in [3.05, 3.63) is 18.3 Å². The molecule has 1 rings (SSSR count). The molecule has 0 saturated carbocycles. The molecule has 1 aromatic rings. The SMILES string of the molecule is CCCNc1cc(NCCOCC)ccn1. The number of nitrogens with one attached hydrogen (secondary N) is 2. The first kappa shape index (κ1) is 12.8. The summed E-state index contributed by atoms with van der Waals surface area (Å²) >= 11 is 0. The molecule has 1 aromatic heterocycles. The Kier molecular flexibility index (Phi) is 6.33. The zero-order valence-corrected chi connectivity index (χ0v) is 10.1. The topological polar surface area (TPSA) is 46.2 Å². The van der Waals surface area contributed by atoms with Crippen molar-refractivity contribution in [3.63, 3.8) is 0 Å². The van der Waals surface area contributed by atoms with Crippen LogP contribution in [0.2, 0.25) is 0 Å². The molecule has 0 fully saturated rings. The van der Waals surface area contributed by atoms with Gasteiger partial charge in [0.2, 0.25) is 0 Å². The molecule has 0 atom stereocenters. The van der Waals surface area contributed by atoms with Gasteiger partial charge in [0.15, 0.2) is 0 Å². The molecule has 2 N–H and O–H groups in total. The van der Waals surface area contributed by atoms with Gasteiger partial charge in [-0.3, -0.25) is 0 Å². The molecule has 0 aromatic carbocycles. The summed E-state index contributed by atoms with van der Waals surface area (Å²) in [5.41, 5.74) is 1.08. The van der Waals surface area contributed by atoms with Crippen molar-refractivity contribution in [2.24, 2.45) is 0 Å². The average Bonchev–Trinajstić information content (AvgIpc) is 2.33. The van der Waals surface area contributed by atoms with Gasteiger partial charge in [-0.1, -0.05) is 6.92 Å². The summed E-state index contributed by atoms with van der Waals surface area (Å²) in [6.07, 6.45) is 2.91. The summed E-state index contributed by atoms with van der Waals surface area (Å²) in [7, 11) is 0. The zero-order valence-electron chi connectivity index (χ0n) is 10.1. The van der Waals surface area contributed by atoms with Gasteiger partial charge in [-0.2, -0.15) is 0 Å². The van der Waals surface area contributed by atoms with E-state index in [4.69, 9.17) is 4.74 Å². The number of hydrogen-bond donors (Lipinski definition) is 2. The molecule has 90 valence electrons. The second kappa shape index (κ2) is 7.93. The molecule has 0 spiro atoms. The Morgan fingerprint density at radius 2 is 2.12 bits per heavy atom. The van der Waals surface area contributed by atoms with Crippen molar-refractivity contribution in [2.45, 2.75) is 20.3 Å². The van der Waals surface area contributed by atoms with E-state index in [1.807, 2.05) is 19.1 Å². The van der Waals surface area contributed by atoms with Crippen LogP contribution in [0.25, 0.3) is 0 Å². The molecule has 0 radical (unpaired) electrons. The molecule has 0 aliphatic heterocycles. The summed E-state index contributed by atoms with van der Waals surface area (Å²) in [5, 5.41) is 6.55. The summed E-state index contributed by atoms with van der Waals surface area (Å²) in [4.78, 5) is 4.24. The molecule has 16 heavy (non-hydrogen) atoms. The van der Waals surface area contributed by atoms with Gasteiger partial charge in [0.25, 0.3) is 0 Å². The maximum atomic E-state index is 5.26. The van der Waals surface area contributed by atoms with Gasteiger partial charge in [-0.05, 0) is 19.4 Å². The minimum Gasteiger partial charge on any atom is -0.383 e. The minimum atomic E-state index is 0.733. The van der Waals surface area contributed by atoms with E-state index in [1.165, 1.54) is 0 Å². The predicted molar refractivity (Wildman–Crippen MR) is 68.0 cm³/mol. The standard InChI is InChI=1S/C12H21N3O/c1-3-6-14-12-10-11(5-7-15-12)13-8-9-16-4-2/h5,7,10H,3-4,6,8-9H2,1-2H3,(H2,13,14,15). The van der Waals surface area contributed by atoms with E-state index in [-0.39, 0.29) is 0 Å². The molecule has 0 amide bonds. The maximum Gasteiger partial charge on any atom is 0.127 e. The molecule has 0 aliphatic carbocycles. The molecule has 1 heterocycles. The second-order valence-electron chi connectivity index (χ2n) is 3.48. The van der Waals surface area contributed by atoms with Crippen molar-refractivity contribution >= 4 is 11.5 Å². The number of pyridine rings is 1. The first-order valence-electron chi connectivity index (χ1n) is 5.88. The minimum absolute atomic E-state index is 0.733. The highest BCUT2D eigenvalue weighted by Crippen LogP contribution is 2.11. The molecule has 4 heteroatoms. The Balaban J connectivity index is 2.35. The van der Waals surface area contributed by atoms with Crippen molar-refractivity contribution in [2.75, 3.05) is 36.9 Å². The van der Waals surface area contributed by atoms with Gasteiger partial charge in [0, 0.05) is 37.6 Å². The third-order valence-corrected chi connectivity index (χ3v) is 2.10. The number of aromatic nitrogens is 1. The summed E-state index contributed by atoms with van der Waals surface area (Å²) < 4.78 is 5.26. The Bertz CT molecular complexity index is 291. The van der Waals surface area contributed by atoms with E-state index in [0.717, 1.165) is 44.2 Å². The summed E-state index contributed by atoms with van der Waals surface area (Å²) in [5.74, 6) is 0.920. The van der Waals surface area contributed by atoms with Crippen LogP contribution in [-0.2, 0) is 4.74 Å². The monoisotopic (exact) mass is 223 g/mol. The van der Waals surface area contributed by atoms with Crippen molar-refractivity contribution in [1.29, 1.82) is 0 Å². The van der Waals surface area contributed by atoms with Gasteiger partial charge in [-0.15, -0.1) is 0 Å². The summed E-state index contributed by atoms with van der Waals surface area (Å²) in [6.45, 7) is 7.41. The van der Waals surface area contributed by atoms with E-state index in [9.17, 15) is 0 Å². The lowest BCUT2D eigenvalue weighted by molar-refractivity contribution is 0.158. The third kappa shape index (κ3) is 4.98. The Morgan fingerprint density at radius 3 is 2.88 bits per heavy atom. The number of hydrogen-bond acceptors (Lipinski definition) is 4. The Labute approximate surface area is 97.4 Å². The van der Waals surface area contributed by atoms with Gasteiger partial charge >= 0.3 is 0 Å². The fourth-order valence-electron chi connectivity index (χ4n) is 1.30. The van der Waals surface area contributed by atoms with E-state index >= 15 is 0 Å². The molecule has 4 nitrogen and oxygen atoms in total. The van der Waals surface area contributed by atoms with Crippen LogP contribution in [0.3, 0.4) is 0 Å².